The van der Waals surface area contributed by atoms with E-state index in [1.54, 1.807) is 13.8 Å². The van der Waals surface area contributed by atoms with Crippen LogP contribution in [-0.4, -0.2) is 31.8 Å². The number of ether oxygens (including phenoxy) is 1. The maximum absolute atomic E-state index is 12.7. The number of nitrogens with two attached hydrogens (primary N) is 1. The van der Waals surface area contributed by atoms with Gasteiger partial charge in [-0.05, 0) is 31.5 Å². The van der Waals surface area contributed by atoms with Crippen molar-refractivity contribution >= 4 is 17.3 Å². The molecule has 1 aromatic carbocycles. The first-order valence-corrected chi connectivity index (χ1v) is 6.66. The number of benzene rings is 1. The number of carbonyl (C=O) groups excluding carboxylic acids is 1. The van der Waals surface area contributed by atoms with Crippen LogP contribution in [0.25, 0.3) is 0 Å². The normalized spacial score (nSPS) is 11.3. The number of carbonyl (C=O) groups is 1. The third kappa shape index (κ3) is 5.17. The molecule has 0 spiro atoms. The lowest BCUT2D eigenvalue weighted by Gasteiger charge is -2.27. The number of esters is 1. The second kappa shape index (κ2) is 7.19. The van der Waals surface area contributed by atoms with Crippen LogP contribution in [0.4, 0.5) is 24.5 Å². The van der Waals surface area contributed by atoms with Crippen molar-refractivity contribution in [2.75, 3.05) is 30.3 Å². The number of nitrogen functional groups attached to an aromatic ring is 1. The number of nitrogens with zero attached hydrogens (tertiary/aromatic N) is 1. The highest BCUT2D eigenvalue weighted by Gasteiger charge is 2.32. The van der Waals surface area contributed by atoms with E-state index in [-0.39, 0.29) is 24.4 Å². The summed E-state index contributed by atoms with van der Waals surface area (Å²) in [6.45, 7) is 2.58. The van der Waals surface area contributed by atoms with Gasteiger partial charge in [-0.2, -0.15) is 13.2 Å². The molecular formula is C14H19F3N2O2. The van der Waals surface area contributed by atoms with Crippen LogP contribution < -0.4 is 10.6 Å². The minimum Gasteiger partial charge on any atom is -0.462 e. The Morgan fingerprint density at radius 1 is 1.33 bits per heavy atom. The van der Waals surface area contributed by atoms with E-state index in [4.69, 9.17) is 10.5 Å². The summed E-state index contributed by atoms with van der Waals surface area (Å²) in [5, 5.41) is 0. The van der Waals surface area contributed by atoms with Crippen molar-refractivity contribution in [3.8, 4) is 0 Å². The van der Waals surface area contributed by atoms with Gasteiger partial charge in [-0.1, -0.05) is 6.92 Å². The predicted octanol–water partition coefficient (Wildman–Crippen LogP) is 3.22. The molecule has 1 aromatic rings. The van der Waals surface area contributed by atoms with E-state index in [2.05, 4.69) is 0 Å². The molecule has 0 bridgehead atoms. The van der Waals surface area contributed by atoms with Gasteiger partial charge in [0, 0.05) is 12.2 Å². The molecule has 2 N–H and O–H groups in total. The van der Waals surface area contributed by atoms with E-state index in [0.29, 0.717) is 12.1 Å². The van der Waals surface area contributed by atoms with Gasteiger partial charge >= 0.3 is 12.1 Å². The van der Waals surface area contributed by atoms with Gasteiger partial charge in [-0.3, -0.25) is 0 Å². The Labute approximate surface area is 121 Å². The molecule has 0 atom stereocenters. The van der Waals surface area contributed by atoms with Crippen LogP contribution >= 0.6 is 0 Å². The summed E-state index contributed by atoms with van der Waals surface area (Å²) >= 11 is 0. The average molecular weight is 304 g/mol. The molecule has 0 radical (unpaired) electrons. The van der Waals surface area contributed by atoms with Crippen molar-refractivity contribution in [3.63, 3.8) is 0 Å². The van der Waals surface area contributed by atoms with E-state index in [9.17, 15) is 18.0 Å². The monoisotopic (exact) mass is 304 g/mol. The molecule has 4 nitrogen and oxygen atoms in total. The number of halogens is 3. The Morgan fingerprint density at radius 2 is 2.00 bits per heavy atom. The zero-order valence-electron chi connectivity index (χ0n) is 12.0. The van der Waals surface area contributed by atoms with Gasteiger partial charge in [0.15, 0.2) is 0 Å². The van der Waals surface area contributed by atoms with Crippen molar-refractivity contribution in [2.24, 2.45) is 0 Å². The fourth-order valence-electron chi connectivity index (χ4n) is 1.97. The lowest BCUT2D eigenvalue weighted by atomic mass is 10.1. The van der Waals surface area contributed by atoms with Crippen molar-refractivity contribution < 1.29 is 22.7 Å². The molecule has 0 aliphatic rings. The van der Waals surface area contributed by atoms with Crippen LogP contribution in [0.3, 0.4) is 0 Å². The molecule has 0 aliphatic heterocycles. The second-order valence-corrected chi connectivity index (χ2v) is 4.53. The molecule has 7 heteroatoms. The molecule has 0 fully saturated rings. The Morgan fingerprint density at radius 3 is 2.52 bits per heavy atom. The maximum Gasteiger partial charge on any atom is 0.405 e. The summed E-state index contributed by atoms with van der Waals surface area (Å²) in [6, 6.07) is 4.23. The Bertz CT molecular complexity index is 490. The Hall–Kier alpha value is -1.92. The molecule has 0 aliphatic carbocycles. The maximum atomic E-state index is 12.7. The zero-order chi connectivity index (χ0) is 16.0. The van der Waals surface area contributed by atoms with E-state index >= 15 is 0 Å². The van der Waals surface area contributed by atoms with Gasteiger partial charge in [-0.25, -0.2) is 4.79 Å². The summed E-state index contributed by atoms with van der Waals surface area (Å²) in [5.41, 5.74) is 6.14. The molecule has 1 rings (SSSR count). The number of hydrogen-bond donors (Lipinski definition) is 1. The second-order valence-electron chi connectivity index (χ2n) is 4.53. The number of rotatable bonds is 6. The predicted molar refractivity (Wildman–Crippen MR) is 75.4 cm³/mol. The lowest BCUT2D eigenvalue weighted by molar-refractivity contribution is -0.119. The standard InChI is InChI=1S/C14H19F3N2O2/c1-3-7-19(9-14(15,16)17)12-6-5-10(18)8-11(12)13(20)21-4-2/h5-6,8H,3-4,7,9,18H2,1-2H3. The van der Waals surface area contributed by atoms with E-state index < -0.39 is 18.7 Å². The van der Waals surface area contributed by atoms with E-state index in [1.165, 1.54) is 18.2 Å². The molecule has 0 unspecified atom stereocenters. The fourth-order valence-corrected chi connectivity index (χ4v) is 1.97. The third-order valence-electron chi connectivity index (χ3n) is 2.72. The molecule has 118 valence electrons. The van der Waals surface area contributed by atoms with E-state index in [1.807, 2.05) is 0 Å². The molecular weight excluding hydrogens is 285 g/mol. The van der Waals surface area contributed by atoms with Crippen LogP contribution in [0, 0.1) is 0 Å². The smallest absolute Gasteiger partial charge is 0.405 e. The van der Waals surface area contributed by atoms with Gasteiger partial charge in [0.2, 0.25) is 0 Å². The topological polar surface area (TPSA) is 55.6 Å². The number of alkyl halides is 3. The van der Waals surface area contributed by atoms with Crippen LogP contribution in [0.5, 0.6) is 0 Å². The number of anilines is 2. The number of hydrogen-bond acceptors (Lipinski definition) is 4. The van der Waals surface area contributed by atoms with Gasteiger partial charge in [0.05, 0.1) is 17.9 Å². The van der Waals surface area contributed by atoms with Crippen LogP contribution in [0.1, 0.15) is 30.6 Å². The van der Waals surface area contributed by atoms with Crippen molar-refractivity contribution in [2.45, 2.75) is 26.4 Å². The molecule has 21 heavy (non-hydrogen) atoms. The highest BCUT2D eigenvalue weighted by molar-refractivity contribution is 5.97. The first kappa shape index (κ1) is 17.1. The van der Waals surface area contributed by atoms with Crippen molar-refractivity contribution in [1.82, 2.24) is 0 Å². The van der Waals surface area contributed by atoms with Gasteiger partial charge in [0.1, 0.15) is 6.54 Å². The fraction of sp³-hybridized carbons (Fsp3) is 0.500. The summed E-state index contributed by atoms with van der Waals surface area (Å²) < 4.78 is 43.0. The van der Waals surface area contributed by atoms with Gasteiger partial charge in [-0.15, -0.1) is 0 Å². The Kier molecular flexibility index (Phi) is 5.87. The highest BCUT2D eigenvalue weighted by Crippen LogP contribution is 2.28. The van der Waals surface area contributed by atoms with Gasteiger partial charge < -0.3 is 15.4 Å². The van der Waals surface area contributed by atoms with Crippen molar-refractivity contribution in [1.29, 1.82) is 0 Å². The first-order valence-electron chi connectivity index (χ1n) is 6.66. The van der Waals surface area contributed by atoms with Crippen LogP contribution in [0.2, 0.25) is 0 Å². The first-order chi connectivity index (χ1) is 9.78. The molecule has 0 aromatic heterocycles. The SMILES string of the molecule is CCCN(CC(F)(F)F)c1ccc(N)cc1C(=O)OCC. The van der Waals surface area contributed by atoms with Crippen LogP contribution in [-0.2, 0) is 4.74 Å². The molecule has 0 saturated heterocycles. The quantitative estimate of drug-likeness (QED) is 0.647. The summed E-state index contributed by atoms with van der Waals surface area (Å²) in [5.74, 6) is -0.678. The van der Waals surface area contributed by atoms with E-state index in [0.717, 1.165) is 4.90 Å². The molecule has 0 amide bonds. The average Bonchev–Trinajstić information content (AvgIpc) is 2.37. The largest absolute Gasteiger partial charge is 0.462 e. The van der Waals surface area contributed by atoms with Crippen LogP contribution in [0.15, 0.2) is 18.2 Å². The molecule has 0 heterocycles. The highest BCUT2D eigenvalue weighted by atomic mass is 19.4. The lowest BCUT2D eigenvalue weighted by Crippen LogP contribution is -2.36. The summed E-state index contributed by atoms with van der Waals surface area (Å²) in [6.07, 6.45) is -3.84. The van der Waals surface area contributed by atoms with Gasteiger partial charge in [0.25, 0.3) is 0 Å². The summed E-state index contributed by atoms with van der Waals surface area (Å²) in [4.78, 5) is 13.0. The summed E-state index contributed by atoms with van der Waals surface area (Å²) in [7, 11) is 0. The van der Waals surface area contributed by atoms with Crippen molar-refractivity contribution in [3.05, 3.63) is 23.8 Å². The zero-order valence-corrected chi connectivity index (χ0v) is 12.0. The Balaban J connectivity index is 3.20. The minimum atomic E-state index is -4.36. The third-order valence-corrected chi connectivity index (χ3v) is 2.72. The molecule has 0 saturated carbocycles. The minimum absolute atomic E-state index is 0.0505.